The van der Waals surface area contributed by atoms with Crippen LogP contribution >= 0.6 is 11.3 Å². The van der Waals surface area contributed by atoms with Crippen LogP contribution in [0.2, 0.25) is 0 Å². The van der Waals surface area contributed by atoms with Gasteiger partial charge < -0.3 is 5.11 Å². The molecule has 0 spiro atoms. The van der Waals surface area contributed by atoms with Crippen LogP contribution in [-0.2, 0) is 6.18 Å². The van der Waals surface area contributed by atoms with Gasteiger partial charge in [0.25, 0.3) is 0 Å². The lowest BCUT2D eigenvalue weighted by atomic mass is 10.3. The number of hydrogen-bond acceptors (Lipinski definition) is 6. The minimum absolute atomic E-state index is 0.195. The van der Waals surface area contributed by atoms with Crippen LogP contribution in [0.4, 0.5) is 13.2 Å². The van der Waals surface area contributed by atoms with Crippen LogP contribution in [0.15, 0.2) is 0 Å². The lowest BCUT2D eigenvalue weighted by Gasteiger charge is -2.06. The van der Waals surface area contributed by atoms with Gasteiger partial charge >= 0.3 is 12.1 Å². The van der Waals surface area contributed by atoms with Crippen molar-refractivity contribution in [2.24, 2.45) is 0 Å². The third-order valence-electron chi connectivity index (χ3n) is 1.84. The van der Waals surface area contributed by atoms with Crippen molar-refractivity contribution >= 4 is 17.3 Å². The van der Waals surface area contributed by atoms with Crippen LogP contribution in [-0.4, -0.2) is 36.3 Å². The average Bonchev–Trinajstić information content (AvgIpc) is 2.80. The van der Waals surface area contributed by atoms with Crippen molar-refractivity contribution in [3.63, 3.8) is 0 Å². The molecule has 0 aliphatic carbocycles. The van der Waals surface area contributed by atoms with E-state index < -0.39 is 23.5 Å². The molecule has 11 heteroatoms. The second kappa shape index (κ2) is 4.01. The Bertz CT molecular complexity index is 604. The van der Waals surface area contributed by atoms with Crippen molar-refractivity contribution < 1.29 is 23.1 Å². The monoisotopic (exact) mass is 279 g/mol. The van der Waals surface area contributed by atoms with Crippen LogP contribution in [0.25, 0.3) is 5.13 Å². The zero-order valence-electron chi connectivity index (χ0n) is 8.63. The van der Waals surface area contributed by atoms with Crippen LogP contribution in [0.3, 0.4) is 0 Å². The molecule has 0 atom stereocenters. The van der Waals surface area contributed by atoms with Crippen molar-refractivity contribution in [3.8, 4) is 5.13 Å². The molecule has 0 fully saturated rings. The molecule has 2 aromatic heterocycles. The fourth-order valence-corrected chi connectivity index (χ4v) is 1.83. The van der Waals surface area contributed by atoms with Gasteiger partial charge in [-0.25, -0.2) is 4.79 Å². The lowest BCUT2D eigenvalue weighted by molar-refractivity contribution is -0.143. The van der Waals surface area contributed by atoms with Gasteiger partial charge in [-0.05, 0) is 6.92 Å². The van der Waals surface area contributed by atoms with Gasteiger partial charge in [-0.3, -0.25) is 0 Å². The molecule has 0 bridgehead atoms. The third kappa shape index (κ3) is 2.03. The number of carboxylic acid groups (broad SMARTS) is 1. The summed E-state index contributed by atoms with van der Waals surface area (Å²) in [5, 5.41) is 22.0. The fourth-order valence-electron chi connectivity index (χ4n) is 1.19. The quantitative estimate of drug-likeness (QED) is 0.886. The van der Waals surface area contributed by atoms with Gasteiger partial charge in [-0.1, -0.05) is 16.6 Å². The van der Waals surface area contributed by atoms with E-state index in [0.717, 1.165) is 11.3 Å². The summed E-state index contributed by atoms with van der Waals surface area (Å²) in [5.41, 5.74) is -2.65. The number of nitrogens with zero attached hydrogens (tertiary/aromatic N) is 5. The van der Waals surface area contributed by atoms with Crippen molar-refractivity contribution in [1.82, 2.24) is 25.2 Å². The van der Waals surface area contributed by atoms with E-state index in [1.54, 1.807) is 6.92 Å². The van der Waals surface area contributed by atoms with Crippen molar-refractivity contribution in [2.75, 3.05) is 0 Å². The molecule has 0 radical (unpaired) electrons. The topological polar surface area (TPSA) is 93.8 Å². The highest BCUT2D eigenvalue weighted by molar-refractivity contribution is 7.13. The molecular weight excluding hydrogens is 275 g/mol. The molecular formula is C7H4F3N5O2S. The number of carboxylic acids is 1. The minimum Gasteiger partial charge on any atom is -0.476 e. The first kappa shape index (κ1) is 12.4. The second-order valence-electron chi connectivity index (χ2n) is 3.11. The van der Waals surface area contributed by atoms with Gasteiger partial charge in [0.15, 0.2) is 5.69 Å². The van der Waals surface area contributed by atoms with Crippen molar-refractivity contribution in [2.45, 2.75) is 13.1 Å². The van der Waals surface area contributed by atoms with E-state index >= 15 is 0 Å². The molecule has 0 aliphatic heterocycles. The number of carbonyl (C=O) groups is 1. The maximum Gasteiger partial charge on any atom is 0.436 e. The summed E-state index contributed by atoms with van der Waals surface area (Å²) in [4.78, 5) is 10.7. The van der Waals surface area contributed by atoms with E-state index in [-0.39, 0.29) is 5.13 Å². The van der Waals surface area contributed by atoms with E-state index in [1.165, 1.54) is 0 Å². The molecule has 0 aromatic carbocycles. The SMILES string of the molecule is Cc1nnc(-n2nnc(C(=O)O)c2C(F)(F)F)s1. The molecule has 18 heavy (non-hydrogen) atoms. The first-order valence-corrected chi connectivity index (χ1v) is 5.19. The molecule has 0 unspecified atom stereocenters. The Kier molecular flexibility index (Phi) is 2.77. The summed E-state index contributed by atoms with van der Waals surface area (Å²) in [6.45, 7) is 1.55. The average molecular weight is 279 g/mol. The van der Waals surface area contributed by atoms with E-state index in [9.17, 15) is 18.0 Å². The largest absolute Gasteiger partial charge is 0.476 e. The molecule has 7 nitrogen and oxygen atoms in total. The Morgan fingerprint density at radius 2 is 2.00 bits per heavy atom. The summed E-state index contributed by atoms with van der Waals surface area (Å²) in [5.74, 6) is -1.81. The minimum atomic E-state index is -4.91. The first-order chi connectivity index (χ1) is 8.30. The van der Waals surface area contributed by atoms with Crippen LogP contribution in [0.1, 0.15) is 21.2 Å². The summed E-state index contributed by atoms with van der Waals surface area (Å²) >= 11 is 0.841. The van der Waals surface area contributed by atoms with Crippen LogP contribution in [0.5, 0.6) is 0 Å². The normalized spacial score (nSPS) is 11.8. The van der Waals surface area contributed by atoms with Gasteiger partial charge in [-0.2, -0.15) is 17.9 Å². The molecule has 0 saturated heterocycles. The fraction of sp³-hybridized carbons (Fsp3) is 0.286. The molecule has 1 N–H and O–H groups in total. The van der Waals surface area contributed by atoms with E-state index in [0.29, 0.717) is 9.69 Å². The lowest BCUT2D eigenvalue weighted by Crippen LogP contribution is -2.17. The second-order valence-corrected chi connectivity index (χ2v) is 4.27. The molecule has 2 heterocycles. The van der Waals surface area contributed by atoms with E-state index in [4.69, 9.17) is 5.11 Å². The molecule has 0 saturated carbocycles. The highest BCUT2D eigenvalue weighted by atomic mass is 32.1. The maximum atomic E-state index is 12.8. The van der Waals surface area contributed by atoms with Gasteiger partial charge in [0.1, 0.15) is 5.01 Å². The first-order valence-electron chi connectivity index (χ1n) is 4.37. The summed E-state index contributed by atoms with van der Waals surface area (Å²) in [6.07, 6.45) is -4.91. The van der Waals surface area contributed by atoms with Crippen molar-refractivity contribution in [3.05, 3.63) is 16.4 Å². The van der Waals surface area contributed by atoms with Gasteiger partial charge in [0.05, 0.1) is 0 Å². The van der Waals surface area contributed by atoms with E-state index in [2.05, 4.69) is 20.5 Å². The highest BCUT2D eigenvalue weighted by Crippen LogP contribution is 2.33. The Hall–Kier alpha value is -2.04. The third-order valence-corrected chi connectivity index (χ3v) is 2.65. The maximum absolute atomic E-state index is 12.8. The highest BCUT2D eigenvalue weighted by Gasteiger charge is 2.42. The predicted molar refractivity (Wildman–Crippen MR) is 51.5 cm³/mol. The van der Waals surface area contributed by atoms with Crippen molar-refractivity contribution in [1.29, 1.82) is 0 Å². The number of halogens is 3. The number of aryl methyl sites for hydroxylation is 1. The zero-order chi connectivity index (χ0) is 13.5. The van der Waals surface area contributed by atoms with Gasteiger partial charge in [-0.15, -0.1) is 15.3 Å². The molecule has 96 valence electrons. The standard InChI is InChI=1S/C7H4F3N5O2S/c1-2-11-13-6(18-2)15-4(7(8,9)10)3(5(16)17)12-14-15/h1H3,(H,16,17). The number of hydrogen-bond donors (Lipinski definition) is 1. The van der Waals surface area contributed by atoms with E-state index in [1.807, 2.05) is 0 Å². The van der Waals surface area contributed by atoms with Gasteiger partial charge in [0.2, 0.25) is 10.8 Å². The predicted octanol–water partition coefficient (Wildman–Crippen LogP) is 1.14. The van der Waals surface area contributed by atoms with Gasteiger partial charge in [0, 0.05) is 0 Å². The summed E-state index contributed by atoms with van der Waals surface area (Å²) in [6, 6.07) is 0. The number of aromatic carboxylic acids is 1. The number of rotatable bonds is 2. The zero-order valence-corrected chi connectivity index (χ0v) is 9.45. The van der Waals surface area contributed by atoms with Crippen LogP contribution < -0.4 is 0 Å². The number of aromatic nitrogens is 5. The molecule has 2 aromatic rings. The Morgan fingerprint density at radius 1 is 1.33 bits per heavy atom. The molecule has 2 rings (SSSR count). The molecule has 0 amide bonds. The Morgan fingerprint density at radius 3 is 2.44 bits per heavy atom. The Balaban J connectivity index is 2.66. The summed E-state index contributed by atoms with van der Waals surface area (Å²) < 4.78 is 38.7. The number of alkyl halides is 3. The smallest absolute Gasteiger partial charge is 0.436 e. The molecule has 0 aliphatic rings. The summed E-state index contributed by atoms with van der Waals surface area (Å²) in [7, 11) is 0. The Labute approximate surface area is 101 Å². The van der Waals surface area contributed by atoms with Crippen LogP contribution in [0, 0.1) is 6.92 Å².